The number of rotatable bonds is 9. The molecule has 0 fully saturated rings. The molecule has 0 bridgehead atoms. The van der Waals surface area contributed by atoms with Gasteiger partial charge in [-0.15, -0.1) is 0 Å². The van der Waals surface area contributed by atoms with E-state index in [-0.39, 0.29) is 10.8 Å². The van der Waals surface area contributed by atoms with Crippen LogP contribution in [0.15, 0.2) is 265 Å². The van der Waals surface area contributed by atoms with E-state index >= 15 is 0 Å². The average Bonchev–Trinajstić information content (AvgIpc) is 4.18. The van der Waals surface area contributed by atoms with Crippen molar-refractivity contribution in [2.24, 2.45) is 0 Å². The number of hydrogen-bond acceptors (Lipinski definition) is 2. The zero-order valence-corrected chi connectivity index (χ0v) is 44.1. The molecule has 0 aliphatic heterocycles. The van der Waals surface area contributed by atoms with Crippen molar-refractivity contribution in [3.8, 4) is 55.6 Å². The summed E-state index contributed by atoms with van der Waals surface area (Å²) in [5, 5.41) is 2.27. The van der Waals surface area contributed by atoms with E-state index in [1.165, 1.54) is 84.3 Å². The van der Waals surface area contributed by atoms with Crippen molar-refractivity contribution >= 4 is 39.0 Å². The predicted molar refractivity (Wildman–Crippen MR) is 323 cm³/mol. The Hall–Kier alpha value is -8.98. The zero-order valence-electron chi connectivity index (χ0n) is 44.1. The van der Waals surface area contributed by atoms with Crippen LogP contribution < -0.4 is 4.90 Å². The maximum atomic E-state index is 6.32. The van der Waals surface area contributed by atoms with Crippen molar-refractivity contribution in [2.75, 3.05) is 4.90 Å². The van der Waals surface area contributed by atoms with Crippen LogP contribution >= 0.6 is 0 Å². The van der Waals surface area contributed by atoms with Gasteiger partial charge in [0.2, 0.25) is 0 Å². The van der Waals surface area contributed by atoms with Crippen LogP contribution in [0.2, 0.25) is 0 Å². The molecule has 0 N–H and O–H groups in total. The molecule has 12 aromatic rings. The van der Waals surface area contributed by atoms with Crippen LogP contribution in [0, 0.1) is 0 Å². The number of nitrogens with zero attached hydrogens (tertiary/aromatic N) is 1. The number of hydrogen-bond donors (Lipinski definition) is 0. The van der Waals surface area contributed by atoms with Crippen LogP contribution in [-0.4, -0.2) is 0 Å². The Morgan fingerprint density at radius 1 is 0.299 bits per heavy atom. The number of benzene rings is 11. The summed E-state index contributed by atoms with van der Waals surface area (Å²) >= 11 is 0. The second kappa shape index (κ2) is 18.1. The van der Waals surface area contributed by atoms with Gasteiger partial charge in [-0.1, -0.05) is 222 Å². The Balaban J connectivity index is 0.936. The molecule has 0 spiro atoms. The molecule has 1 aromatic heterocycles. The summed E-state index contributed by atoms with van der Waals surface area (Å²) in [4.78, 5) is 2.38. The van der Waals surface area contributed by atoms with Gasteiger partial charge in [0.15, 0.2) is 0 Å². The van der Waals surface area contributed by atoms with Crippen molar-refractivity contribution in [3.05, 3.63) is 294 Å². The molecule has 77 heavy (non-hydrogen) atoms. The highest BCUT2D eigenvalue weighted by Gasteiger charge is 2.47. The smallest absolute Gasteiger partial charge is 0.136 e. The Bertz CT molecular complexity index is 4130. The summed E-state index contributed by atoms with van der Waals surface area (Å²) in [7, 11) is 0. The lowest BCUT2D eigenvalue weighted by molar-refractivity contribution is 0.332. The van der Waals surface area contributed by atoms with E-state index in [9.17, 15) is 0 Å². The number of para-hydroxylation sites is 1. The first-order valence-corrected chi connectivity index (χ1v) is 27.3. The van der Waals surface area contributed by atoms with E-state index in [1.807, 2.05) is 12.1 Å². The zero-order chi connectivity index (χ0) is 51.9. The Morgan fingerprint density at radius 3 is 1.43 bits per heavy atom. The van der Waals surface area contributed by atoms with Crippen molar-refractivity contribution in [3.63, 3.8) is 0 Å². The summed E-state index contributed by atoms with van der Waals surface area (Å²) in [6.07, 6.45) is 2.34. The van der Waals surface area contributed by atoms with Gasteiger partial charge < -0.3 is 9.32 Å². The second-order valence-corrected chi connectivity index (χ2v) is 22.7. The van der Waals surface area contributed by atoms with Gasteiger partial charge in [-0.25, -0.2) is 0 Å². The molecule has 0 saturated carbocycles. The second-order valence-electron chi connectivity index (χ2n) is 22.7. The first-order valence-electron chi connectivity index (χ1n) is 27.3. The van der Waals surface area contributed by atoms with E-state index in [1.54, 1.807) is 0 Å². The van der Waals surface area contributed by atoms with Crippen molar-refractivity contribution < 1.29 is 4.42 Å². The maximum Gasteiger partial charge on any atom is 0.136 e. The Kier molecular flexibility index (Phi) is 10.9. The first-order chi connectivity index (χ1) is 37.6. The number of anilines is 3. The SMILES string of the molecule is CC1(C)CCC(C)(C)c2cc(-c3cc4c(cc3-c3ccc(N(c5ccc(-c6ccccc6)cc5)c5ccc(-c6ccc7c(c6)oc6ccccc67)cc5)cc3)C(c3ccccc3)(c3ccccc3)c3ccccc3-4)ccc21. The molecular weight excluding hydrogens is 931 g/mol. The van der Waals surface area contributed by atoms with E-state index in [0.717, 1.165) is 56.5 Å². The van der Waals surface area contributed by atoms with E-state index < -0.39 is 5.41 Å². The molecule has 370 valence electrons. The molecule has 1 heterocycles. The molecule has 2 nitrogen and oxygen atoms in total. The van der Waals surface area contributed by atoms with Gasteiger partial charge >= 0.3 is 0 Å². The fourth-order valence-corrected chi connectivity index (χ4v) is 13.1. The molecule has 11 aromatic carbocycles. The Morgan fingerprint density at radius 2 is 0.779 bits per heavy atom. The van der Waals surface area contributed by atoms with Crippen LogP contribution in [0.1, 0.15) is 73.9 Å². The van der Waals surface area contributed by atoms with Crippen molar-refractivity contribution in [1.82, 2.24) is 0 Å². The topological polar surface area (TPSA) is 16.4 Å². The van der Waals surface area contributed by atoms with Gasteiger partial charge in [-0.2, -0.15) is 0 Å². The van der Waals surface area contributed by atoms with E-state index in [2.05, 4.69) is 281 Å². The lowest BCUT2D eigenvalue weighted by Crippen LogP contribution is -2.33. The molecule has 0 saturated heterocycles. The fraction of sp³-hybridized carbons (Fsp3) is 0.120. The van der Waals surface area contributed by atoms with Crippen molar-refractivity contribution in [1.29, 1.82) is 0 Å². The largest absolute Gasteiger partial charge is 0.456 e. The summed E-state index contributed by atoms with van der Waals surface area (Å²) in [6, 6.07) is 96.7. The van der Waals surface area contributed by atoms with Gasteiger partial charge in [0.25, 0.3) is 0 Å². The molecule has 0 atom stereocenters. The van der Waals surface area contributed by atoms with Crippen LogP contribution in [0.5, 0.6) is 0 Å². The minimum atomic E-state index is -0.532. The average molecular weight is 990 g/mol. The highest BCUT2D eigenvalue weighted by molar-refractivity contribution is 6.06. The molecule has 14 rings (SSSR count). The molecule has 0 radical (unpaired) electrons. The quantitative estimate of drug-likeness (QED) is 0.143. The molecule has 0 unspecified atom stereocenters. The van der Waals surface area contributed by atoms with Gasteiger partial charge in [0.1, 0.15) is 11.2 Å². The standard InChI is InChI=1S/C75H59NO/c1-73(2)44-45-74(3,4)70-46-55(35-43-68(70)73)64-48-66-61-24-14-16-26-67(61)75(56-20-10-6-11-21-56,57-22-12-7-13-23-57)69(66)49-65(64)53-32-40-60(41-33-53)76(58-36-28-51(29-37-58)50-18-8-5-9-19-50)59-38-30-52(31-39-59)54-34-42-63-62-25-15-17-27-71(62)77-72(63)47-54/h5-43,46-49H,44-45H2,1-4H3. The lowest BCUT2D eigenvalue weighted by Gasteiger charge is -2.42. The van der Waals surface area contributed by atoms with Gasteiger partial charge in [-0.05, 0) is 179 Å². The molecular formula is C75H59NO. The summed E-state index contributed by atoms with van der Waals surface area (Å²) in [5.41, 5.74) is 24.9. The van der Waals surface area contributed by atoms with Gasteiger partial charge in [0, 0.05) is 27.8 Å². The molecule has 2 heteroatoms. The third-order valence-electron chi connectivity index (χ3n) is 17.3. The number of furan rings is 1. The summed E-state index contributed by atoms with van der Waals surface area (Å²) < 4.78 is 6.32. The Labute approximate surface area is 452 Å². The minimum Gasteiger partial charge on any atom is -0.456 e. The summed E-state index contributed by atoms with van der Waals surface area (Å²) in [6.45, 7) is 9.72. The maximum absolute atomic E-state index is 6.32. The third kappa shape index (κ3) is 7.68. The fourth-order valence-electron chi connectivity index (χ4n) is 13.1. The van der Waals surface area contributed by atoms with Gasteiger partial charge in [0.05, 0.1) is 5.41 Å². The summed E-state index contributed by atoms with van der Waals surface area (Å²) in [5.74, 6) is 0. The lowest BCUT2D eigenvalue weighted by atomic mass is 9.62. The van der Waals surface area contributed by atoms with Crippen LogP contribution in [-0.2, 0) is 16.2 Å². The minimum absolute atomic E-state index is 0.0604. The molecule has 2 aliphatic rings. The van der Waals surface area contributed by atoms with Gasteiger partial charge in [-0.3, -0.25) is 0 Å². The van der Waals surface area contributed by atoms with Crippen LogP contribution in [0.4, 0.5) is 17.1 Å². The predicted octanol–water partition coefficient (Wildman–Crippen LogP) is 20.4. The molecule has 2 aliphatic carbocycles. The van der Waals surface area contributed by atoms with Crippen LogP contribution in [0.3, 0.4) is 0 Å². The first kappa shape index (κ1) is 46.5. The number of fused-ring (bicyclic) bond motifs is 7. The normalized spacial score (nSPS) is 14.7. The van der Waals surface area contributed by atoms with Crippen LogP contribution in [0.25, 0.3) is 77.6 Å². The third-order valence-corrected chi connectivity index (χ3v) is 17.3. The molecule has 0 amide bonds. The monoisotopic (exact) mass is 989 g/mol. The highest BCUT2D eigenvalue weighted by atomic mass is 16.3. The highest BCUT2D eigenvalue weighted by Crippen LogP contribution is 2.58. The van der Waals surface area contributed by atoms with Crippen molar-refractivity contribution in [2.45, 2.75) is 56.8 Å². The van der Waals surface area contributed by atoms with E-state index in [4.69, 9.17) is 4.42 Å². The van der Waals surface area contributed by atoms with E-state index in [0.29, 0.717) is 0 Å².